The Labute approximate surface area is 234 Å². The van der Waals surface area contributed by atoms with Gasteiger partial charge >= 0.3 is 0 Å². The van der Waals surface area contributed by atoms with Crippen molar-refractivity contribution < 1.29 is 79.1 Å². The lowest BCUT2D eigenvalue weighted by Gasteiger charge is -2.48. The highest BCUT2D eigenvalue weighted by Gasteiger charge is 2.54. The van der Waals surface area contributed by atoms with Gasteiger partial charge in [0, 0.05) is 0 Å². The summed E-state index contributed by atoms with van der Waals surface area (Å²) in [6.45, 7) is -0.0451. The molecule has 4 rings (SSSR count). The van der Waals surface area contributed by atoms with Crippen molar-refractivity contribution in [2.24, 2.45) is 0 Å². The van der Waals surface area contributed by atoms with Crippen LogP contribution in [0.15, 0.2) is 24.3 Å². The predicted octanol–water partition coefficient (Wildman–Crippen LogP) is -4.45. The average Bonchev–Trinajstić information content (AvgIpc) is 2.97. The molecule has 9 N–H and O–H groups in total. The molecule has 0 aliphatic carbocycles. The predicted molar refractivity (Wildman–Crippen MR) is 131 cm³/mol. The van der Waals surface area contributed by atoms with Crippen LogP contribution >= 0.6 is 0 Å². The van der Waals surface area contributed by atoms with Crippen LogP contribution in [-0.2, 0) is 23.7 Å². The van der Waals surface area contributed by atoms with Gasteiger partial charge in [0.2, 0.25) is 6.29 Å². The molecule has 16 heteroatoms. The molecule has 0 amide bonds. The van der Waals surface area contributed by atoms with E-state index < -0.39 is 105 Å². The van der Waals surface area contributed by atoms with Crippen LogP contribution in [0.3, 0.4) is 0 Å². The minimum atomic E-state index is -1.86. The smallest absolute Gasteiger partial charge is 0.229 e. The van der Waals surface area contributed by atoms with E-state index in [9.17, 15) is 46.0 Å². The SMILES string of the molecule is COc1ccc(O[C@@H]2O[C@H](CO)[C@H](O)[C@H](O[C@@H]3O[C@H](CO)[C@@H](O)[C@H](O)[C@H]3O)[C@H]2O[C@@H]2O[C@@H](C)[C@H](O)[C@@H](O)[C@H]2O)cc1. The molecule has 3 heterocycles. The first-order valence-electron chi connectivity index (χ1n) is 13.1. The quantitative estimate of drug-likeness (QED) is 0.131. The number of benzene rings is 1. The van der Waals surface area contributed by atoms with Crippen LogP contribution in [0.5, 0.6) is 11.5 Å². The third-order valence-electron chi connectivity index (χ3n) is 7.35. The van der Waals surface area contributed by atoms with E-state index in [1.807, 2.05) is 0 Å². The number of aliphatic hydroxyl groups excluding tert-OH is 9. The second-order valence-electron chi connectivity index (χ2n) is 10.1. The van der Waals surface area contributed by atoms with Crippen molar-refractivity contribution in [3.8, 4) is 11.5 Å². The van der Waals surface area contributed by atoms with E-state index in [-0.39, 0.29) is 5.75 Å². The first-order chi connectivity index (χ1) is 19.5. The summed E-state index contributed by atoms with van der Waals surface area (Å²) >= 11 is 0. The first kappa shape index (κ1) is 32.2. The summed E-state index contributed by atoms with van der Waals surface area (Å²) in [6.07, 6.45) is -23.6. The van der Waals surface area contributed by atoms with Crippen molar-refractivity contribution in [2.45, 2.75) is 99.0 Å². The zero-order chi connectivity index (χ0) is 30.0. The number of hydrogen-bond donors (Lipinski definition) is 9. The van der Waals surface area contributed by atoms with Gasteiger partial charge in [-0.05, 0) is 31.2 Å². The Morgan fingerprint density at radius 2 is 1.07 bits per heavy atom. The highest BCUT2D eigenvalue weighted by molar-refractivity contribution is 5.31. The Balaban J connectivity index is 1.66. The van der Waals surface area contributed by atoms with E-state index in [4.69, 9.17) is 33.2 Å². The molecule has 1 aromatic rings. The van der Waals surface area contributed by atoms with Gasteiger partial charge < -0.3 is 79.1 Å². The zero-order valence-electron chi connectivity index (χ0n) is 22.3. The van der Waals surface area contributed by atoms with Crippen LogP contribution in [0.25, 0.3) is 0 Å². The Kier molecular flexibility index (Phi) is 10.8. The normalized spacial score (nSPS) is 45.3. The van der Waals surface area contributed by atoms with Gasteiger partial charge in [0.25, 0.3) is 0 Å². The molecular formula is C25H38O16. The fourth-order valence-electron chi connectivity index (χ4n) is 4.84. The molecule has 3 aliphatic rings. The molecule has 15 atom stereocenters. The lowest BCUT2D eigenvalue weighted by atomic mass is 9.96. The van der Waals surface area contributed by atoms with E-state index in [0.29, 0.717) is 5.75 Å². The summed E-state index contributed by atoms with van der Waals surface area (Å²) in [5.41, 5.74) is 0. The minimum absolute atomic E-state index is 0.220. The van der Waals surface area contributed by atoms with E-state index in [0.717, 1.165) is 0 Å². The van der Waals surface area contributed by atoms with Crippen molar-refractivity contribution in [2.75, 3.05) is 20.3 Å². The second kappa shape index (κ2) is 13.7. The maximum Gasteiger partial charge on any atom is 0.229 e. The van der Waals surface area contributed by atoms with Gasteiger partial charge in [-0.15, -0.1) is 0 Å². The van der Waals surface area contributed by atoms with E-state index >= 15 is 0 Å². The van der Waals surface area contributed by atoms with Crippen LogP contribution in [0.4, 0.5) is 0 Å². The molecule has 0 aromatic heterocycles. The molecule has 0 unspecified atom stereocenters. The largest absolute Gasteiger partial charge is 0.497 e. The lowest BCUT2D eigenvalue weighted by molar-refractivity contribution is -0.383. The van der Waals surface area contributed by atoms with Crippen LogP contribution in [-0.4, -0.2) is 158 Å². The number of aliphatic hydroxyl groups is 9. The van der Waals surface area contributed by atoms with Gasteiger partial charge in [-0.25, -0.2) is 0 Å². The summed E-state index contributed by atoms with van der Waals surface area (Å²) in [5, 5.41) is 92.4. The molecule has 41 heavy (non-hydrogen) atoms. The zero-order valence-corrected chi connectivity index (χ0v) is 22.3. The Morgan fingerprint density at radius 3 is 1.66 bits per heavy atom. The summed E-state index contributed by atoms with van der Waals surface area (Å²) < 4.78 is 39.6. The van der Waals surface area contributed by atoms with Crippen LogP contribution in [0.1, 0.15) is 6.92 Å². The average molecular weight is 595 g/mol. The van der Waals surface area contributed by atoms with Crippen molar-refractivity contribution in [1.82, 2.24) is 0 Å². The van der Waals surface area contributed by atoms with Crippen LogP contribution in [0.2, 0.25) is 0 Å². The monoisotopic (exact) mass is 594 g/mol. The molecule has 0 spiro atoms. The third kappa shape index (κ3) is 6.76. The maximum atomic E-state index is 11.1. The molecule has 3 saturated heterocycles. The topological polar surface area (TPSA) is 247 Å². The van der Waals surface area contributed by atoms with Gasteiger partial charge in [-0.1, -0.05) is 0 Å². The van der Waals surface area contributed by atoms with E-state index in [1.54, 1.807) is 12.1 Å². The summed E-state index contributed by atoms with van der Waals surface area (Å²) in [5.74, 6) is 0.737. The van der Waals surface area contributed by atoms with Gasteiger partial charge in [0.15, 0.2) is 18.7 Å². The van der Waals surface area contributed by atoms with Gasteiger partial charge in [-0.2, -0.15) is 0 Å². The third-order valence-corrected chi connectivity index (χ3v) is 7.35. The van der Waals surface area contributed by atoms with Gasteiger partial charge in [-0.3, -0.25) is 0 Å². The Hall–Kier alpha value is -1.74. The van der Waals surface area contributed by atoms with Gasteiger partial charge in [0.1, 0.15) is 72.5 Å². The number of ether oxygens (including phenoxy) is 7. The van der Waals surface area contributed by atoms with Crippen molar-refractivity contribution in [1.29, 1.82) is 0 Å². The van der Waals surface area contributed by atoms with Crippen LogP contribution < -0.4 is 9.47 Å². The van der Waals surface area contributed by atoms with E-state index in [1.165, 1.54) is 26.2 Å². The Bertz CT molecular complexity index is 950. The highest BCUT2D eigenvalue weighted by atomic mass is 16.8. The van der Waals surface area contributed by atoms with Crippen molar-refractivity contribution in [3.05, 3.63) is 24.3 Å². The van der Waals surface area contributed by atoms with Crippen molar-refractivity contribution in [3.63, 3.8) is 0 Å². The lowest BCUT2D eigenvalue weighted by Crippen LogP contribution is -2.67. The standard InChI is InChI=1S/C25H38O16/c1-9-14(28)17(31)19(33)23(36-9)41-22-21(40-24-20(34)18(32)15(29)12(7-26)38-24)16(30)13(8-27)39-25(22)37-11-5-3-10(35-2)4-6-11/h3-6,9,12-34H,7-8H2,1-2H3/t9-,12+,13+,14-,15+,16-,17+,18-,19+,20+,21-,22+,23-,24-,25+/m0/s1. The van der Waals surface area contributed by atoms with Crippen molar-refractivity contribution >= 4 is 0 Å². The fraction of sp³-hybridized carbons (Fsp3) is 0.760. The highest BCUT2D eigenvalue weighted by Crippen LogP contribution is 2.34. The molecule has 0 saturated carbocycles. The molecule has 3 fully saturated rings. The van der Waals surface area contributed by atoms with E-state index in [2.05, 4.69) is 0 Å². The van der Waals surface area contributed by atoms with Gasteiger partial charge in [0.05, 0.1) is 26.4 Å². The molecule has 234 valence electrons. The number of rotatable bonds is 9. The van der Waals surface area contributed by atoms with Crippen LogP contribution in [0, 0.1) is 0 Å². The fourth-order valence-corrected chi connectivity index (χ4v) is 4.84. The molecule has 0 radical (unpaired) electrons. The Morgan fingerprint density at radius 1 is 0.585 bits per heavy atom. The summed E-state index contributed by atoms with van der Waals surface area (Å²) in [4.78, 5) is 0. The summed E-state index contributed by atoms with van der Waals surface area (Å²) in [7, 11) is 1.47. The molecule has 3 aliphatic heterocycles. The maximum absolute atomic E-state index is 11.1. The molecule has 16 nitrogen and oxygen atoms in total. The first-order valence-corrected chi connectivity index (χ1v) is 13.1. The number of methoxy groups -OCH3 is 1. The second-order valence-corrected chi connectivity index (χ2v) is 10.1. The molecule has 1 aromatic carbocycles. The summed E-state index contributed by atoms with van der Waals surface area (Å²) in [6, 6.07) is 6.23. The molecular weight excluding hydrogens is 556 g/mol. The minimum Gasteiger partial charge on any atom is -0.497 e. The number of hydrogen-bond acceptors (Lipinski definition) is 16. The molecule has 0 bridgehead atoms.